The molecule has 0 saturated carbocycles. The molecule has 26 heavy (non-hydrogen) atoms. The van der Waals surface area contributed by atoms with Crippen LogP contribution in [0, 0.1) is 5.92 Å². The monoisotopic (exact) mass is 358 g/mol. The first-order valence-corrected chi connectivity index (χ1v) is 8.58. The minimum atomic E-state index is -1.05. The maximum atomic E-state index is 12.5. The highest BCUT2D eigenvalue weighted by Gasteiger charge is 2.23. The molecule has 0 aliphatic rings. The number of nitrogens with two attached hydrogens (primary N) is 1. The van der Waals surface area contributed by atoms with Gasteiger partial charge in [0.05, 0.1) is 19.3 Å². The number of anilines is 1. The Morgan fingerprint density at radius 1 is 1.19 bits per heavy atom. The summed E-state index contributed by atoms with van der Waals surface area (Å²) in [4.78, 5) is 12.5. The second-order valence-electron chi connectivity index (χ2n) is 6.61. The van der Waals surface area contributed by atoms with Gasteiger partial charge in [-0.2, -0.15) is 0 Å². The number of nitrogen functional groups attached to an aromatic ring is 1. The third-order valence-electron chi connectivity index (χ3n) is 3.85. The molecule has 0 spiro atoms. The number of carbonyl (C=O) groups excluding carboxylic acids is 1. The van der Waals surface area contributed by atoms with Gasteiger partial charge in [0.2, 0.25) is 0 Å². The largest absolute Gasteiger partial charge is 0.493 e. The van der Waals surface area contributed by atoms with E-state index in [1.165, 1.54) is 0 Å². The molecule has 2 aromatic carbocycles. The Hall–Kier alpha value is -2.57. The van der Waals surface area contributed by atoms with E-state index in [-0.39, 0.29) is 0 Å². The van der Waals surface area contributed by atoms with E-state index in [2.05, 4.69) is 5.32 Å². The Bertz CT molecular complexity index is 716. The Labute approximate surface area is 153 Å². The molecule has 140 valence electrons. The lowest BCUT2D eigenvalue weighted by molar-refractivity contribution is 0.0703. The van der Waals surface area contributed by atoms with Crippen molar-refractivity contribution in [1.82, 2.24) is 5.32 Å². The summed E-state index contributed by atoms with van der Waals surface area (Å²) in [5.41, 5.74) is 7.17. The van der Waals surface area contributed by atoms with Crippen molar-refractivity contribution in [3.8, 4) is 5.75 Å². The number of benzene rings is 2. The normalized spacial score (nSPS) is 13.3. The van der Waals surface area contributed by atoms with E-state index in [1.54, 1.807) is 48.5 Å². The zero-order valence-corrected chi connectivity index (χ0v) is 15.1. The highest BCUT2D eigenvalue weighted by molar-refractivity contribution is 5.94. The predicted molar refractivity (Wildman–Crippen MR) is 101 cm³/mol. The molecule has 0 aliphatic heterocycles. The lowest BCUT2D eigenvalue weighted by atomic mass is 10.0. The van der Waals surface area contributed by atoms with Crippen LogP contribution < -0.4 is 15.8 Å². The molecule has 2 rings (SSSR count). The first-order valence-electron chi connectivity index (χ1n) is 8.58. The van der Waals surface area contributed by atoms with Gasteiger partial charge in [0.25, 0.3) is 5.91 Å². The molecule has 5 N–H and O–H groups in total. The summed E-state index contributed by atoms with van der Waals surface area (Å²) in [6.45, 7) is 4.24. The van der Waals surface area contributed by atoms with E-state index in [0.29, 0.717) is 35.1 Å². The molecule has 0 heterocycles. The van der Waals surface area contributed by atoms with Gasteiger partial charge in [0.1, 0.15) is 11.9 Å². The fraction of sp³-hybridized carbons (Fsp3) is 0.350. The van der Waals surface area contributed by atoms with Gasteiger partial charge in [-0.3, -0.25) is 4.79 Å². The molecule has 0 radical (unpaired) electrons. The number of ether oxygens (including phenoxy) is 1. The molecule has 2 aromatic rings. The number of hydrogen-bond donors (Lipinski definition) is 4. The highest BCUT2D eigenvalue weighted by Crippen LogP contribution is 2.19. The van der Waals surface area contributed by atoms with Gasteiger partial charge in [0.15, 0.2) is 0 Å². The van der Waals surface area contributed by atoms with Crippen molar-refractivity contribution >= 4 is 11.6 Å². The zero-order valence-electron chi connectivity index (χ0n) is 15.1. The molecule has 2 atom stereocenters. The smallest absolute Gasteiger partial charge is 0.251 e. The summed E-state index contributed by atoms with van der Waals surface area (Å²) < 4.78 is 5.63. The lowest BCUT2D eigenvalue weighted by Gasteiger charge is -2.23. The molecule has 6 heteroatoms. The maximum absolute atomic E-state index is 12.5. The second-order valence-corrected chi connectivity index (χ2v) is 6.61. The van der Waals surface area contributed by atoms with Crippen LogP contribution >= 0.6 is 0 Å². The van der Waals surface area contributed by atoms with Gasteiger partial charge in [0, 0.05) is 11.3 Å². The average Bonchev–Trinajstić information content (AvgIpc) is 2.64. The van der Waals surface area contributed by atoms with Crippen LogP contribution in [0.3, 0.4) is 0 Å². The summed E-state index contributed by atoms with van der Waals surface area (Å²) in [7, 11) is 0. The van der Waals surface area contributed by atoms with Crippen LogP contribution in [0.25, 0.3) is 0 Å². The molecule has 1 amide bonds. The fourth-order valence-electron chi connectivity index (χ4n) is 2.39. The summed E-state index contributed by atoms with van der Waals surface area (Å²) >= 11 is 0. The zero-order chi connectivity index (χ0) is 19.1. The van der Waals surface area contributed by atoms with Crippen LogP contribution in [0.4, 0.5) is 5.69 Å². The van der Waals surface area contributed by atoms with Crippen molar-refractivity contribution in [2.45, 2.75) is 26.0 Å². The summed E-state index contributed by atoms with van der Waals surface area (Å²) in [6, 6.07) is 12.6. The Morgan fingerprint density at radius 2 is 1.88 bits per heavy atom. The first kappa shape index (κ1) is 19.8. The first-order chi connectivity index (χ1) is 12.4. The fourth-order valence-corrected chi connectivity index (χ4v) is 2.39. The van der Waals surface area contributed by atoms with Crippen molar-refractivity contribution in [1.29, 1.82) is 0 Å². The van der Waals surface area contributed by atoms with Crippen LogP contribution in [-0.2, 0) is 0 Å². The number of rotatable bonds is 8. The van der Waals surface area contributed by atoms with E-state index in [1.807, 2.05) is 13.8 Å². The van der Waals surface area contributed by atoms with E-state index in [0.717, 1.165) is 0 Å². The molecule has 2 unspecified atom stereocenters. The summed E-state index contributed by atoms with van der Waals surface area (Å²) in [6.07, 6.45) is -1.05. The molecule has 6 nitrogen and oxygen atoms in total. The maximum Gasteiger partial charge on any atom is 0.251 e. The average molecular weight is 358 g/mol. The van der Waals surface area contributed by atoms with Crippen LogP contribution in [0.5, 0.6) is 5.75 Å². The van der Waals surface area contributed by atoms with Gasteiger partial charge in [-0.1, -0.05) is 32.0 Å². The summed E-state index contributed by atoms with van der Waals surface area (Å²) in [5.74, 6) is 0.584. The predicted octanol–water partition coefficient (Wildman–Crippen LogP) is 2.13. The van der Waals surface area contributed by atoms with Crippen molar-refractivity contribution < 1.29 is 19.7 Å². The Balaban J connectivity index is 2.06. The van der Waals surface area contributed by atoms with Gasteiger partial charge in [-0.05, 0) is 41.8 Å². The quantitative estimate of drug-likeness (QED) is 0.541. The van der Waals surface area contributed by atoms with Crippen molar-refractivity contribution in [2.24, 2.45) is 5.92 Å². The van der Waals surface area contributed by atoms with Crippen molar-refractivity contribution in [3.63, 3.8) is 0 Å². The van der Waals surface area contributed by atoms with E-state index >= 15 is 0 Å². The number of carbonyl (C=O) groups is 1. The Morgan fingerprint density at radius 3 is 2.50 bits per heavy atom. The molecule has 0 saturated heterocycles. The topological polar surface area (TPSA) is 105 Å². The van der Waals surface area contributed by atoms with Crippen LogP contribution in [0.15, 0.2) is 48.5 Å². The SMILES string of the molecule is CC(C)COc1cccc(C(=O)NC(CO)C(O)c2ccc(N)cc2)c1. The van der Waals surface area contributed by atoms with Crippen LogP contribution in [0.1, 0.15) is 35.9 Å². The van der Waals surface area contributed by atoms with Crippen LogP contribution in [-0.4, -0.2) is 35.4 Å². The summed E-state index contributed by atoms with van der Waals surface area (Å²) in [5, 5.41) is 22.7. The number of amides is 1. The lowest BCUT2D eigenvalue weighted by Crippen LogP contribution is -2.42. The minimum absolute atomic E-state index is 0.376. The molecular formula is C20H26N2O4. The van der Waals surface area contributed by atoms with E-state index in [9.17, 15) is 15.0 Å². The Kier molecular flexibility index (Phi) is 7.00. The highest BCUT2D eigenvalue weighted by atomic mass is 16.5. The standard InChI is InChI=1S/C20H26N2O4/c1-13(2)12-26-17-5-3-4-15(10-17)20(25)22-18(11-23)19(24)14-6-8-16(21)9-7-14/h3-10,13,18-19,23-24H,11-12,21H2,1-2H3,(H,22,25). The number of nitrogens with one attached hydrogen (secondary N) is 1. The van der Waals surface area contributed by atoms with Crippen molar-refractivity contribution in [2.75, 3.05) is 18.9 Å². The number of hydrogen-bond acceptors (Lipinski definition) is 5. The van der Waals surface area contributed by atoms with Gasteiger partial charge in [-0.15, -0.1) is 0 Å². The molecule has 0 fully saturated rings. The number of aliphatic hydroxyl groups is 2. The minimum Gasteiger partial charge on any atom is -0.493 e. The van der Waals surface area contributed by atoms with Gasteiger partial charge < -0.3 is 26.0 Å². The van der Waals surface area contributed by atoms with Gasteiger partial charge >= 0.3 is 0 Å². The third kappa shape index (κ3) is 5.47. The second kappa shape index (κ2) is 9.22. The van der Waals surface area contributed by atoms with E-state index < -0.39 is 24.7 Å². The van der Waals surface area contributed by atoms with Crippen LogP contribution in [0.2, 0.25) is 0 Å². The molecule has 0 aromatic heterocycles. The van der Waals surface area contributed by atoms with Crippen molar-refractivity contribution in [3.05, 3.63) is 59.7 Å². The number of aliphatic hydroxyl groups excluding tert-OH is 2. The van der Waals surface area contributed by atoms with E-state index in [4.69, 9.17) is 10.5 Å². The molecule has 0 aliphatic carbocycles. The molecular weight excluding hydrogens is 332 g/mol. The third-order valence-corrected chi connectivity index (χ3v) is 3.85. The van der Waals surface area contributed by atoms with Gasteiger partial charge in [-0.25, -0.2) is 0 Å². The molecule has 0 bridgehead atoms.